The first-order chi connectivity index (χ1) is 12.9. The number of alkyl halides is 3. The number of anilines is 1. The Hall–Kier alpha value is -1.83. The van der Waals surface area contributed by atoms with Gasteiger partial charge in [0.25, 0.3) is 0 Å². The summed E-state index contributed by atoms with van der Waals surface area (Å²) < 4.78 is 43.6. The van der Waals surface area contributed by atoms with Gasteiger partial charge in [0.15, 0.2) is 0 Å². The molecule has 5 nitrogen and oxygen atoms in total. The first kappa shape index (κ1) is 19.9. The molecular formula is C19H26F3N3O2. The lowest BCUT2D eigenvalue weighted by Gasteiger charge is -2.35. The minimum absolute atomic E-state index is 0.0444. The monoisotopic (exact) mass is 385 g/mol. The molecule has 0 radical (unpaired) electrons. The molecule has 150 valence electrons. The minimum atomic E-state index is -4.38. The molecular weight excluding hydrogens is 359 g/mol. The smallest absolute Gasteiger partial charge is 0.376 e. The van der Waals surface area contributed by atoms with Crippen LogP contribution in [0.25, 0.3) is 0 Å². The second-order valence-electron chi connectivity index (χ2n) is 7.18. The normalized spacial score (nSPS) is 21.5. The Bertz CT molecular complexity index is 622. The van der Waals surface area contributed by atoms with Crippen molar-refractivity contribution in [3.8, 4) is 0 Å². The first-order valence-corrected chi connectivity index (χ1v) is 9.57. The second kappa shape index (κ2) is 8.46. The van der Waals surface area contributed by atoms with Gasteiger partial charge in [-0.15, -0.1) is 0 Å². The maximum atomic E-state index is 12.8. The van der Waals surface area contributed by atoms with E-state index in [1.54, 1.807) is 0 Å². The summed E-state index contributed by atoms with van der Waals surface area (Å²) in [4.78, 5) is 20.6. The van der Waals surface area contributed by atoms with Gasteiger partial charge < -0.3 is 14.5 Å². The van der Waals surface area contributed by atoms with Gasteiger partial charge >= 0.3 is 6.18 Å². The van der Waals surface area contributed by atoms with E-state index in [-0.39, 0.29) is 17.9 Å². The highest BCUT2D eigenvalue weighted by molar-refractivity contribution is 5.79. The number of carbonyl (C=O) groups is 1. The SMILES string of the molecule is CCN(CC1CCCO1)C(=O)C1CCN(c2ccc(C(F)(F)F)cn2)CC1. The van der Waals surface area contributed by atoms with Crippen molar-refractivity contribution < 1.29 is 22.7 Å². The zero-order valence-electron chi connectivity index (χ0n) is 15.5. The Kier molecular flexibility index (Phi) is 6.24. The zero-order chi connectivity index (χ0) is 19.4. The van der Waals surface area contributed by atoms with E-state index in [0.717, 1.165) is 31.7 Å². The largest absolute Gasteiger partial charge is 0.417 e. The van der Waals surface area contributed by atoms with Gasteiger partial charge in [-0.05, 0) is 44.7 Å². The topological polar surface area (TPSA) is 45.7 Å². The standard InChI is InChI=1S/C19H26F3N3O2/c1-2-24(13-16-4-3-11-27-16)18(26)14-7-9-25(10-8-14)17-6-5-15(12-23-17)19(20,21)22/h5-6,12,14,16H,2-4,7-11,13H2,1H3. The quantitative estimate of drug-likeness (QED) is 0.780. The molecule has 27 heavy (non-hydrogen) atoms. The van der Waals surface area contributed by atoms with E-state index in [2.05, 4.69) is 4.98 Å². The molecule has 2 fully saturated rings. The predicted molar refractivity (Wildman–Crippen MR) is 95.4 cm³/mol. The molecule has 1 atom stereocenters. The second-order valence-corrected chi connectivity index (χ2v) is 7.18. The van der Waals surface area contributed by atoms with Crippen LogP contribution in [0.2, 0.25) is 0 Å². The lowest BCUT2D eigenvalue weighted by Crippen LogP contribution is -2.45. The van der Waals surface area contributed by atoms with E-state index in [4.69, 9.17) is 4.74 Å². The summed E-state index contributed by atoms with van der Waals surface area (Å²) in [6, 6.07) is 2.46. The van der Waals surface area contributed by atoms with Crippen molar-refractivity contribution in [1.29, 1.82) is 0 Å². The molecule has 8 heteroatoms. The summed E-state index contributed by atoms with van der Waals surface area (Å²) in [7, 11) is 0. The van der Waals surface area contributed by atoms with Crippen molar-refractivity contribution >= 4 is 11.7 Å². The number of nitrogens with zero attached hydrogens (tertiary/aromatic N) is 3. The Morgan fingerprint density at radius 3 is 2.56 bits per heavy atom. The third-order valence-electron chi connectivity index (χ3n) is 5.38. The maximum absolute atomic E-state index is 12.8. The van der Waals surface area contributed by atoms with Gasteiger partial charge in [0.2, 0.25) is 5.91 Å². The predicted octanol–water partition coefficient (Wildman–Crippen LogP) is 3.34. The van der Waals surface area contributed by atoms with E-state index >= 15 is 0 Å². The van der Waals surface area contributed by atoms with E-state index in [1.165, 1.54) is 6.07 Å². The zero-order valence-corrected chi connectivity index (χ0v) is 15.5. The molecule has 0 spiro atoms. The highest BCUT2D eigenvalue weighted by Gasteiger charge is 2.32. The number of hydrogen-bond donors (Lipinski definition) is 0. The number of likely N-dealkylation sites (N-methyl/N-ethyl adjacent to an activating group) is 1. The summed E-state index contributed by atoms with van der Waals surface area (Å²) in [6.07, 6.45) is 0.0550. The molecule has 0 aliphatic carbocycles. The molecule has 1 unspecified atom stereocenters. The molecule has 2 aliphatic rings. The number of carbonyl (C=O) groups excluding carboxylic acids is 1. The van der Waals surface area contributed by atoms with E-state index < -0.39 is 11.7 Å². The lowest BCUT2D eigenvalue weighted by molar-refractivity contribution is -0.138. The number of aromatic nitrogens is 1. The lowest BCUT2D eigenvalue weighted by atomic mass is 9.95. The fraction of sp³-hybridized carbons (Fsp3) is 0.684. The van der Waals surface area contributed by atoms with Gasteiger partial charge in [-0.1, -0.05) is 0 Å². The molecule has 2 aliphatic heterocycles. The van der Waals surface area contributed by atoms with E-state index in [9.17, 15) is 18.0 Å². The van der Waals surface area contributed by atoms with Crippen molar-refractivity contribution in [1.82, 2.24) is 9.88 Å². The third-order valence-corrected chi connectivity index (χ3v) is 5.38. The summed E-state index contributed by atoms with van der Waals surface area (Å²) in [5.74, 6) is 0.644. The van der Waals surface area contributed by atoms with Crippen molar-refractivity contribution in [3.63, 3.8) is 0 Å². The molecule has 1 amide bonds. The molecule has 1 aromatic rings. The van der Waals surface area contributed by atoms with Gasteiger partial charge in [-0.3, -0.25) is 4.79 Å². The Morgan fingerprint density at radius 2 is 2.04 bits per heavy atom. The highest BCUT2D eigenvalue weighted by atomic mass is 19.4. The summed E-state index contributed by atoms with van der Waals surface area (Å²) in [6.45, 7) is 5.30. The Labute approximate surface area is 157 Å². The van der Waals surface area contributed by atoms with Gasteiger partial charge in [0.1, 0.15) is 5.82 Å². The summed E-state index contributed by atoms with van der Waals surface area (Å²) in [5.41, 5.74) is -0.746. The van der Waals surface area contributed by atoms with Crippen molar-refractivity contribution in [2.24, 2.45) is 5.92 Å². The minimum Gasteiger partial charge on any atom is -0.376 e. The fourth-order valence-electron chi connectivity index (χ4n) is 3.76. The summed E-state index contributed by atoms with van der Waals surface area (Å²) in [5, 5.41) is 0. The van der Waals surface area contributed by atoms with E-state index in [1.807, 2.05) is 16.7 Å². The number of hydrogen-bond acceptors (Lipinski definition) is 4. The van der Waals surface area contributed by atoms with Crippen LogP contribution in [-0.4, -0.2) is 54.7 Å². The number of amides is 1. The summed E-state index contributed by atoms with van der Waals surface area (Å²) >= 11 is 0. The Morgan fingerprint density at radius 1 is 1.30 bits per heavy atom. The third kappa shape index (κ3) is 4.91. The van der Waals surface area contributed by atoms with Crippen molar-refractivity contribution in [3.05, 3.63) is 23.9 Å². The number of rotatable bonds is 5. The molecule has 2 saturated heterocycles. The Balaban J connectivity index is 1.53. The van der Waals surface area contributed by atoms with Gasteiger partial charge in [-0.2, -0.15) is 13.2 Å². The van der Waals surface area contributed by atoms with Gasteiger partial charge in [-0.25, -0.2) is 4.98 Å². The number of halogens is 3. The van der Waals surface area contributed by atoms with Crippen LogP contribution >= 0.6 is 0 Å². The average molecular weight is 385 g/mol. The van der Waals surface area contributed by atoms with Crippen molar-refractivity contribution in [2.45, 2.75) is 44.9 Å². The molecule has 3 rings (SSSR count). The molecule has 0 aromatic carbocycles. The van der Waals surface area contributed by atoms with Crippen LogP contribution in [0, 0.1) is 5.92 Å². The first-order valence-electron chi connectivity index (χ1n) is 9.57. The molecule has 3 heterocycles. The van der Waals surface area contributed by atoms with Crippen LogP contribution in [0.5, 0.6) is 0 Å². The molecule has 0 N–H and O–H groups in total. The van der Waals surface area contributed by atoms with Crippen LogP contribution in [0.15, 0.2) is 18.3 Å². The van der Waals surface area contributed by atoms with Crippen LogP contribution in [0.4, 0.5) is 19.0 Å². The van der Waals surface area contributed by atoms with Gasteiger partial charge in [0, 0.05) is 44.9 Å². The molecule has 0 saturated carbocycles. The van der Waals surface area contributed by atoms with E-state index in [0.29, 0.717) is 44.8 Å². The maximum Gasteiger partial charge on any atom is 0.417 e. The van der Waals surface area contributed by atoms with Crippen LogP contribution in [0.3, 0.4) is 0 Å². The fourth-order valence-corrected chi connectivity index (χ4v) is 3.76. The average Bonchev–Trinajstić information content (AvgIpc) is 3.18. The number of pyridine rings is 1. The highest BCUT2D eigenvalue weighted by Crippen LogP contribution is 2.30. The van der Waals surface area contributed by atoms with Gasteiger partial charge in [0.05, 0.1) is 11.7 Å². The van der Waals surface area contributed by atoms with Crippen molar-refractivity contribution in [2.75, 3.05) is 37.7 Å². The molecule has 0 bridgehead atoms. The van der Waals surface area contributed by atoms with Crippen LogP contribution in [-0.2, 0) is 15.7 Å². The molecule has 1 aromatic heterocycles. The number of piperidine rings is 1. The number of ether oxygens (including phenoxy) is 1. The van der Waals surface area contributed by atoms with Crippen LogP contribution < -0.4 is 4.90 Å². The van der Waals surface area contributed by atoms with Crippen LogP contribution in [0.1, 0.15) is 38.2 Å².